The number of carbonyl (C=O) groups is 1. The second kappa shape index (κ2) is 12.1. The standard InChI is InChI=1S/C30H31FN8O3S2/c1-19(42-18-20-7-5-4-6-8-20)30(38-14-13-23(17-38)36(2)29(40)41)35-39-25(16-33-27(39)44-30)37(3)28-34-26(24(15-32)43-28)21-9-11-22(31)12-10-21/h4-12,16,19,23,35H,13-14,17-18H2,1-3H3,(H,40,41). The fourth-order valence-electron chi connectivity index (χ4n) is 5.48. The Morgan fingerprint density at radius 3 is 2.73 bits per heavy atom. The molecule has 1 amide bonds. The second-order valence-electron chi connectivity index (χ2n) is 10.7. The molecule has 2 aliphatic rings. The number of nitrogens with one attached hydrogen (secondary N) is 1. The summed E-state index contributed by atoms with van der Waals surface area (Å²) in [6, 6.07) is 17.9. The number of ether oxygens (including phenoxy) is 1. The maximum Gasteiger partial charge on any atom is 0.407 e. The van der Waals surface area contributed by atoms with Crippen molar-refractivity contribution >= 4 is 40.1 Å². The normalized spacial score (nSPS) is 20.1. The molecule has 0 radical (unpaired) electrons. The third-order valence-corrected chi connectivity index (χ3v) is 10.6. The topological polar surface area (TPSA) is 123 Å². The van der Waals surface area contributed by atoms with Crippen molar-refractivity contribution in [3.63, 3.8) is 0 Å². The Balaban J connectivity index is 1.29. The molecule has 3 atom stereocenters. The molecule has 0 aliphatic carbocycles. The smallest absolute Gasteiger partial charge is 0.407 e. The lowest BCUT2D eigenvalue weighted by atomic mass is 10.1. The van der Waals surface area contributed by atoms with Gasteiger partial charge in [0.2, 0.25) is 0 Å². The number of hydrogen-bond donors (Lipinski definition) is 2. The predicted octanol–water partition coefficient (Wildman–Crippen LogP) is 5.38. The van der Waals surface area contributed by atoms with Crippen LogP contribution in [0.5, 0.6) is 0 Å². The van der Waals surface area contributed by atoms with Gasteiger partial charge in [-0.2, -0.15) is 5.26 Å². The van der Waals surface area contributed by atoms with Crippen molar-refractivity contribution in [2.24, 2.45) is 0 Å². The second-order valence-corrected chi connectivity index (χ2v) is 12.9. The van der Waals surface area contributed by atoms with Crippen molar-refractivity contribution in [1.29, 1.82) is 5.26 Å². The number of thioether (sulfide) groups is 1. The quantitative estimate of drug-likeness (QED) is 0.248. The van der Waals surface area contributed by atoms with Crippen LogP contribution in [0.3, 0.4) is 0 Å². The number of nitriles is 1. The zero-order valence-electron chi connectivity index (χ0n) is 24.3. The third kappa shape index (κ3) is 5.48. The van der Waals surface area contributed by atoms with Crippen LogP contribution in [0.1, 0.15) is 23.8 Å². The van der Waals surface area contributed by atoms with E-state index in [2.05, 4.69) is 16.4 Å². The lowest BCUT2D eigenvalue weighted by molar-refractivity contribution is -0.0157. The van der Waals surface area contributed by atoms with E-state index in [1.807, 2.05) is 53.9 Å². The first kappa shape index (κ1) is 29.9. The molecule has 1 fully saturated rings. The highest BCUT2D eigenvalue weighted by Gasteiger charge is 2.53. The van der Waals surface area contributed by atoms with E-state index in [0.29, 0.717) is 58.4 Å². The molecule has 4 heterocycles. The van der Waals surface area contributed by atoms with E-state index in [1.54, 1.807) is 25.4 Å². The first-order valence-corrected chi connectivity index (χ1v) is 15.7. The van der Waals surface area contributed by atoms with Crippen LogP contribution in [0, 0.1) is 17.1 Å². The van der Waals surface area contributed by atoms with Crippen molar-refractivity contribution in [1.82, 2.24) is 24.4 Å². The van der Waals surface area contributed by atoms with Crippen molar-refractivity contribution in [2.75, 3.05) is 37.5 Å². The third-order valence-electron chi connectivity index (χ3n) is 8.07. The van der Waals surface area contributed by atoms with E-state index in [1.165, 1.54) is 40.1 Å². The number of anilines is 2. The molecule has 14 heteroatoms. The summed E-state index contributed by atoms with van der Waals surface area (Å²) in [6.07, 6.45) is 1.14. The Bertz CT molecular complexity index is 1690. The van der Waals surface area contributed by atoms with Crippen LogP contribution in [0.25, 0.3) is 11.3 Å². The van der Waals surface area contributed by atoms with E-state index in [9.17, 15) is 19.6 Å². The molecule has 2 N–H and O–H groups in total. The van der Waals surface area contributed by atoms with Gasteiger partial charge in [-0.05, 0) is 54.9 Å². The summed E-state index contributed by atoms with van der Waals surface area (Å²) in [7, 11) is 3.46. The molecule has 2 aliphatic heterocycles. The number of halogens is 1. The Morgan fingerprint density at radius 1 is 1.27 bits per heavy atom. The summed E-state index contributed by atoms with van der Waals surface area (Å²) in [5.74, 6) is 0.342. The molecule has 44 heavy (non-hydrogen) atoms. The van der Waals surface area contributed by atoms with Gasteiger partial charge in [0.15, 0.2) is 21.1 Å². The fourth-order valence-corrected chi connectivity index (χ4v) is 7.62. The van der Waals surface area contributed by atoms with Gasteiger partial charge >= 0.3 is 6.09 Å². The zero-order valence-corrected chi connectivity index (χ0v) is 26.0. The van der Waals surface area contributed by atoms with Crippen molar-refractivity contribution in [3.05, 3.63) is 77.1 Å². The maximum atomic E-state index is 13.5. The Hall–Kier alpha value is -4.16. The summed E-state index contributed by atoms with van der Waals surface area (Å²) < 4.78 is 21.9. The first-order valence-electron chi connectivity index (χ1n) is 14.0. The fraction of sp³-hybridized carbons (Fsp3) is 0.333. The van der Waals surface area contributed by atoms with Gasteiger partial charge in [0.25, 0.3) is 0 Å². The number of carboxylic acid groups (broad SMARTS) is 1. The van der Waals surface area contributed by atoms with Gasteiger partial charge < -0.3 is 19.6 Å². The van der Waals surface area contributed by atoms with E-state index < -0.39 is 11.1 Å². The summed E-state index contributed by atoms with van der Waals surface area (Å²) in [6.45, 7) is 3.62. The monoisotopic (exact) mass is 634 g/mol. The first-order chi connectivity index (χ1) is 21.2. The highest BCUT2D eigenvalue weighted by molar-refractivity contribution is 8.00. The highest BCUT2D eigenvalue weighted by Crippen LogP contribution is 2.47. The summed E-state index contributed by atoms with van der Waals surface area (Å²) in [4.78, 5) is 26.3. The van der Waals surface area contributed by atoms with E-state index in [4.69, 9.17) is 14.7 Å². The van der Waals surface area contributed by atoms with Crippen LogP contribution < -0.4 is 10.3 Å². The van der Waals surface area contributed by atoms with Gasteiger partial charge in [0.1, 0.15) is 28.6 Å². The minimum atomic E-state index is -0.955. The number of imidazole rings is 1. The lowest BCUT2D eigenvalue weighted by Gasteiger charge is -2.42. The van der Waals surface area contributed by atoms with Gasteiger partial charge in [-0.3, -0.25) is 10.3 Å². The molecule has 228 valence electrons. The van der Waals surface area contributed by atoms with Gasteiger partial charge in [0, 0.05) is 38.8 Å². The van der Waals surface area contributed by atoms with E-state index >= 15 is 0 Å². The van der Waals surface area contributed by atoms with Crippen LogP contribution in [-0.2, 0) is 11.3 Å². The highest BCUT2D eigenvalue weighted by atomic mass is 32.2. The molecule has 0 bridgehead atoms. The van der Waals surface area contributed by atoms with Crippen LogP contribution >= 0.6 is 23.1 Å². The number of fused-ring (bicyclic) bond motifs is 1. The molecular weight excluding hydrogens is 604 g/mol. The Morgan fingerprint density at radius 2 is 2.02 bits per heavy atom. The summed E-state index contributed by atoms with van der Waals surface area (Å²) >= 11 is 2.78. The number of hydrogen-bond acceptors (Lipinski definition) is 10. The van der Waals surface area contributed by atoms with Gasteiger partial charge in [-0.1, -0.05) is 41.7 Å². The average molecular weight is 635 g/mol. The summed E-state index contributed by atoms with van der Waals surface area (Å²) in [5.41, 5.74) is 5.87. The molecule has 0 saturated carbocycles. The largest absolute Gasteiger partial charge is 0.465 e. The predicted molar refractivity (Wildman–Crippen MR) is 167 cm³/mol. The van der Waals surface area contributed by atoms with E-state index in [-0.39, 0.29) is 18.0 Å². The number of likely N-dealkylation sites (tertiary alicyclic amines) is 1. The zero-order chi connectivity index (χ0) is 31.0. The minimum Gasteiger partial charge on any atom is -0.465 e. The molecule has 6 rings (SSSR count). The van der Waals surface area contributed by atoms with Gasteiger partial charge in [0.05, 0.1) is 12.8 Å². The van der Waals surface area contributed by atoms with Gasteiger partial charge in [-0.15, -0.1) is 0 Å². The van der Waals surface area contributed by atoms with Gasteiger partial charge in [-0.25, -0.2) is 23.8 Å². The number of aromatic nitrogens is 3. The number of benzene rings is 2. The summed E-state index contributed by atoms with van der Waals surface area (Å²) in [5, 5.41) is 20.7. The van der Waals surface area contributed by atoms with Crippen LogP contribution in [0.15, 0.2) is 66.0 Å². The van der Waals surface area contributed by atoms with Crippen molar-refractivity contribution < 1.29 is 19.0 Å². The average Bonchev–Trinajstić information content (AvgIpc) is 3.83. The Kier molecular flexibility index (Phi) is 8.21. The molecule has 11 nitrogen and oxygen atoms in total. The number of rotatable bonds is 9. The lowest BCUT2D eigenvalue weighted by Crippen LogP contribution is -2.59. The minimum absolute atomic E-state index is 0.159. The number of thiazole rings is 1. The molecule has 1 saturated heterocycles. The van der Waals surface area contributed by atoms with Crippen molar-refractivity contribution in [2.45, 2.75) is 42.2 Å². The molecule has 2 aromatic heterocycles. The number of nitrogens with zero attached hydrogens (tertiary/aromatic N) is 7. The molecule has 0 spiro atoms. The number of likely N-dealkylation sites (N-methyl/N-ethyl adjacent to an activating group) is 1. The Labute approximate surface area is 262 Å². The SMILES string of the molecule is CC(OCc1ccccc1)C1(N2CCC(N(C)C(=O)O)C2)Nn2c(N(C)c3nc(-c4ccc(F)cc4)c(C#N)s3)cnc2S1. The maximum absolute atomic E-state index is 13.5. The van der Waals surface area contributed by atoms with Crippen LogP contribution in [-0.4, -0.2) is 80.0 Å². The van der Waals surface area contributed by atoms with Crippen molar-refractivity contribution in [3.8, 4) is 17.3 Å². The van der Waals surface area contributed by atoms with Crippen LogP contribution in [0.2, 0.25) is 0 Å². The number of amides is 1. The molecule has 4 aromatic rings. The van der Waals surface area contributed by atoms with E-state index in [0.717, 1.165) is 5.56 Å². The molecule has 2 aromatic carbocycles. The van der Waals surface area contributed by atoms with Crippen LogP contribution in [0.4, 0.5) is 20.1 Å². The molecular formula is C30H31FN8O3S2. The molecule has 3 unspecified atom stereocenters.